The van der Waals surface area contributed by atoms with Crippen LogP contribution in [0.15, 0.2) is 33.5 Å². The Morgan fingerprint density at radius 3 is 2.70 bits per heavy atom. The maximum absolute atomic E-state index is 12.1. The minimum Gasteiger partial charge on any atom is -0.450 e. The maximum Gasteiger partial charge on any atom is 0.411 e. The van der Waals surface area contributed by atoms with Crippen molar-refractivity contribution in [2.24, 2.45) is 0 Å². The van der Waals surface area contributed by atoms with E-state index in [2.05, 4.69) is 24.1 Å². The van der Waals surface area contributed by atoms with Crippen LogP contribution in [0.2, 0.25) is 0 Å². The molecule has 0 unspecified atom stereocenters. The van der Waals surface area contributed by atoms with Crippen LogP contribution in [0.3, 0.4) is 0 Å². The molecular formula is C21H28N2O4. The lowest BCUT2D eigenvalue weighted by molar-refractivity contribution is 0.146. The second-order valence-electron chi connectivity index (χ2n) is 7.35. The molecule has 3 rings (SSSR count). The molecule has 1 aliphatic rings. The van der Waals surface area contributed by atoms with E-state index >= 15 is 0 Å². The molecule has 1 aromatic carbocycles. The molecule has 0 spiro atoms. The minimum atomic E-state index is -0.525. The van der Waals surface area contributed by atoms with Crippen LogP contribution in [0.1, 0.15) is 52.0 Å². The zero-order valence-electron chi connectivity index (χ0n) is 16.3. The fraction of sp³-hybridized carbons (Fsp3) is 0.524. The van der Waals surface area contributed by atoms with Gasteiger partial charge in [-0.2, -0.15) is 0 Å². The topological polar surface area (TPSA) is 71.8 Å². The van der Waals surface area contributed by atoms with Crippen LogP contribution in [-0.2, 0) is 11.3 Å². The van der Waals surface area contributed by atoms with Crippen molar-refractivity contribution in [3.05, 3.63) is 40.2 Å². The summed E-state index contributed by atoms with van der Waals surface area (Å²) in [6, 6.07) is 7.93. The van der Waals surface area contributed by atoms with Gasteiger partial charge in [0.05, 0.1) is 6.61 Å². The summed E-state index contributed by atoms with van der Waals surface area (Å²) in [5, 5.41) is 3.54. The van der Waals surface area contributed by atoms with Gasteiger partial charge in [-0.05, 0) is 51.3 Å². The molecule has 6 nitrogen and oxygen atoms in total. The number of fused-ring (bicyclic) bond motifs is 1. The summed E-state index contributed by atoms with van der Waals surface area (Å²) < 4.78 is 10.3. The molecule has 2 aromatic rings. The van der Waals surface area contributed by atoms with Gasteiger partial charge in [0, 0.05) is 41.8 Å². The highest BCUT2D eigenvalue weighted by molar-refractivity contribution is 5.89. The van der Waals surface area contributed by atoms with Crippen molar-refractivity contribution in [3.8, 4) is 0 Å². The predicted molar refractivity (Wildman–Crippen MR) is 106 cm³/mol. The van der Waals surface area contributed by atoms with Gasteiger partial charge >= 0.3 is 11.7 Å². The lowest BCUT2D eigenvalue weighted by Crippen LogP contribution is -2.38. The lowest BCUT2D eigenvalue weighted by Gasteiger charge is -2.32. The summed E-state index contributed by atoms with van der Waals surface area (Å²) in [4.78, 5) is 26.2. The molecular weight excluding hydrogens is 344 g/mol. The first-order valence-corrected chi connectivity index (χ1v) is 9.74. The maximum atomic E-state index is 12.1. The monoisotopic (exact) mass is 372 g/mol. The number of benzene rings is 1. The average molecular weight is 372 g/mol. The largest absolute Gasteiger partial charge is 0.450 e. The van der Waals surface area contributed by atoms with Crippen molar-refractivity contribution >= 4 is 22.7 Å². The summed E-state index contributed by atoms with van der Waals surface area (Å²) in [7, 11) is 0. The van der Waals surface area contributed by atoms with Gasteiger partial charge in [-0.1, -0.05) is 12.8 Å². The number of anilines is 1. The normalized spacial score (nSPS) is 15.0. The molecule has 1 amide bonds. The first-order valence-electron chi connectivity index (χ1n) is 9.74. The van der Waals surface area contributed by atoms with Crippen LogP contribution in [0.5, 0.6) is 0 Å². The van der Waals surface area contributed by atoms with Crippen LogP contribution in [0, 0.1) is 0 Å². The number of carbonyl (C=O) groups is 1. The molecule has 1 N–H and O–H groups in total. The van der Waals surface area contributed by atoms with E-state index < -0.39 is 6.09 Å². The molecule has 1 fully saturated rings. The third-order valence-corrected chi connectivity index (χ3v) is 5.16. The van der Waals surface area contributed by atoms with Crippen LogP contribution in [0.25, 0.3) is 11.0 Å². The number of carbonyl (C=O) groups excluding carboxylic acids is 1. The van der Waals surface area contributed by atoms with Crippen LogP contribution in [-0.4, -0.2) is 29.7 Å². The average Bonchev–Trinajstić information content (AvgIpc) is 3.13. The van der Waals surface area contributed by atoms with Gasteiger partial charge in [-0.15, -0.1) is 0 Å². The molecule has 0 aliphatic heterocycles. The zero-order valence-corrected chi connectivity index (χ0v) is 16.3. The third-order valence-electron chi connectivity index (χ3n) is 5.16. The standard InChI is InChI=1S/C21H28N2O4/c1-4-26-21(25)22-16-9-10-18-15(11-20(24)27-19(18)12-16)13-23(14(2)3)17-7-5-6-8-17/h9-12,14,17H,4-8,13H2,1-3H3,(H,22,25). The van der Waals surface area contributed by atoms with Crippen LogP contribution in [0.4, 0.5) is 10.5 Å². The fourth-order valence-electron chi connectivity index (χ4n) is 3.89. The van der Waals surface area contributed by atoms with E-state index in [9.17, 15) is 9.59 Å². The second kappa shape index (κ2) is 8.57. The summed E-state index contributed by atoms with van der Waals surface area (Å²) in [5.41, 5.74) is 1.60. The molecule has 0 atom stereocenters. The number of nitrogens with one attached hydrogen (secondary N) is 1. The third kappa shape index (κ3) is 4.69. The highest BCUT2D eigenvalue weighted by atomic mass is 16.5. The van der Waals surface area contributed by atoms with E-state index in [-0.39, 0.29) is 5.63 Å². The molecule has 1 aromatic heterocycles. The van der Waals surface area contributed by atoms with E-state index in [1.165, 1.54) is 25.7 Å². The molecule has 27 heavy (non-hydrogen) atoms. The van der Waals surface area contributed by atoms with Crippen molar-refractivity contribution in [2.75, 3.05) is 11.9 Å². The summed E-state index contributed by atoms with van der Waals surface area (Å²) in [6.07, 6.45) is 4.45. The highest BCUT2D eigenvalue weighted by Crippen LogP contribution is 2.29. The van der Waals surface area contributed by atoms with E-state index in [0.29, 0.717) is 30.0 Å². The zero-order chi connectivity index (χ0) is 19.4. The van der Waals surface area contributed by atoms with E-state index in [0.717, 1.165) is 17.5 Å². The van der Waals surface area contributed by atoms with Crippen LogP contribution >= 0.6 is 0 Å². The molecule has 0 saturated heterocycles. The number of ether oxygens (including phenoxy) is 1. The van der Waals surface area contributed by atoms with Gasteiger partial charge in [-0.25, -0.2) is 9.59 Å². The van der Waals surface area contributed by atoms with Crippen molar-refractivity contribution in [1.29, 1.82) is 0 Å². The summed E-state index contributed by atoms with van der Waals surface area (Å²) in [5.74, 6) is 0. The van der Waals surface area contributed by atoms with Gasteiger partial charge < -0.3 is 9.15 Å². The first-order chi connectivity index (χ1) is 13.0. The molecule has 1 aliphatic carbocycles. The van der Waals surface area contributed by atoms with E-state index in [1.54, 1.807) is 25.1 Å². The number of amides is 1. The Labute approximate surface area is 159 Å². The van der Waals surface area contributed by atoms with Gasteiger partial charge in [0.2, 0.25) is 0 Å². The molecule has 146 valence electrons. The first kappa shape index (κ1) is 19.4. The van der Waals surface area contributed by atoms with Gasteiger partial charge in [0.25, 0.3) is 0 Å². The van der Waals surface area contributed by atoms with Crippen molar-refractivity contribution in [2.45, 2.75) is 65.1 Å². The minimum absolute atomic E-state index is 0.296. The Hall–Kier alpha value is -2.34. The smallest absolute Gasteiger partial charge is 0.411 e. The van der Waals surface area contributed by atoms with Crippen molar-refractivity contribution < 1.29 is 13.9 Å². The Balaban J connectivity index is 1.90. The number of hydrogen-bond donors (Lipinski definition) is 1. The van der Waals surface area contributed by atoms with Gasteiger partial charge in [0.15, 0.2) is 0 Å². The second-order valence-corrected chi connectivity index (χ2v) is 7.35. The molecule has 1 saturated carbocycles. The highest BCUT2D eigenvalue weighted by Gasteiger charge is 2.25. The van der Waals surface area contributed by atoms with Crippen molar-refractivity contribution in [3.63, 3.8) is 0 Å². The Morgan fingerprint density at radius 2 is 2.04 bits per heavy atom. The van der Waals surface area contributed by atoms with E-state index in [4.69, 9.17) is 9.15 Å². The molecule has 0 bridgehead atoms. The number of nitrogens with zero attached hydrogens (tertiary/aromatic N) is 1. The Bertz CT molecular complexity index is 853. The lowest BCUT2D eigenvalue weighted by atomic mass is 10.1. The predicted octanol–water partition coefficient (Wildman–Crippen LogP) is 4.51. The summed E-state index contributed by atoms with van der Waals surface area (Å²) in [6.45, 7) is 7.16. The van der Waals surface area contributed by atoms with Gasteiger partial charge in [-0.3, -0.25) is 10.2 Å². The summed E-state index contributed by atoms with van der Waals surface area (Å²) >= 11 is 0. The molecule has 6 heteroatoms. The Kier molecular flexibility index (Phi) is 6.16. The quantitative estimate of drug-likeness (QED) is 0.755. The molecule has 0 radical (unpaired) electrons. The van der Waals surface area contributed by atoms with E-state index in [1.807, 2.05) is 6.07 Å². The number of hydrogen-bond acceptors (Lipinski definition) is 5. The number of rotatable bonds is 6. The van der Waals surface area contributed by atoms with Crippen LogP contribution < -0.4 is 10.9 Å². The SMILES string of the molecule is CCOC(=O)Nc1ccc2c(CN(C(C)C)C3CCCC3)cc(=O)oc2c1. The van der Waals surface area contributed by atoms with Gasteiger partial charge in [0.1, 0.15) is 5.58 Å². The molecule has 1 heterocycles. The van der Waals surface area contributed by atoms with Crippen molar-refractivity contribution in [1.82, 2.24) is 4.90 Å². The Morgan fingerprint density at radius 1 is 1.30 bits per heavy atom. The fourth-order valence-corrected chi connectivity index (χ4v) is 3.89.